The molecule has 0 heterocycles. The van der Waals surface area contributed by atoms with Gasteiger partial charge in [-0.1, -0.05) is 46.3 Å². The van der Waals surface area contributed by atoms with Gasteiger partial charge in [0.1, 0.15) is 35.5 Å². The summed E-state index contributed by atoms with van der Waals surface area (Å²) in [5.74, 6) is 2.47. The second-order valence-corrected chi connectivity index (χ2v) is 19.8. The molecule has 3 saturated carbocycles. The van der Waals surface area contributed by atoms with Gasteiger partial charge in [-0.05, 0) is 160 Å². The fourth-order valence-electron chi connectivity index (χ4n) is 10.5. The normalized spacial score (nSPS) is 32.0. The van der Waals surface area contributed by atoms with Gasteiger partial charge in [0.25, 0.3) is 0 Å². The fourth-order valence-corrected chi connectivity index (χ4v) is 10.5. The first-order chi connectivity index (χ1) is 24.4. The summed E-state index contributed by atoms with van der Waals surface area (Å²) in [5, 5.41) is 5.23. The van der Waals surface area contributed by atoms with Crippen molar-refractivity contribution in [1.29, 1.82) is 0 Å². The molecule has 4 aliphatic rings. The van der Waals surface area contributed by atoms with Crippen molar-refractivity contribution < 1.29 is 38.1 Å². The zero-order chi connectivity index (χ0) is 39.7. The maximum Gasteiger partial charge on any atom is 0.408 e. The molecule has 302 valence electrons. The zero-order valence-electron chi connectivity index (χ0n) is 35.2. The summed E-state index contributed by atoms with van der Waals surface area (Å²) in [5.41, 5.74) is 0.590. The Balaban J connectivity index is 1.32. The number of rotatable bonds is 11. The van der Waals surface area contributed by atoms with Crippen molar-refractivity contribution in [3.63, 3.8) is 0 Å². The number of nitrogens with one attached hydrogen (secondary N) is 2. The quantitative estimate of drug-likeness (QED) is 0.122. The largest absolute Gasteiger partial charge is 0.461 e. The third-order valence-corrected chi connectivity index (χ3v) is 13.2. The number of ether oxygens (including phenoxy) is 4. The van der Waals surface area contributed by atoms with Crippen LogP contribution in [0.4, 0.5) is 9.59 Å². The van der Waals surface area contributed by atoms with E-state index in [1.807, 2.05) is 0 Å². The molecule has 10 heteroatoms. The molecule has 53 heavy (non-hydrogen) atoms. The number of fused-ring (bicyclic) bond motifs is 5. The average molecular weight is 745 g/mol. The van der Waals surface area contributed by atoms with E-state index in [2.05, 4.69) is 51.3 Å². The van der Waals surface area contributed by atoms with Crippen LogP contribution < -0.4 is 10.6 Å². The first-order valence-electron chi connectivity index (χ1n) is 20.5. The fraction of sp³-hybridized carbons (Fsp3) is 0.860. The van der Waals surface area contributed by atoms with Crippen LogP contribution in [-0.2, 0) is 28.5 Å². The van der Waals surface area contributed by atoms with Crippen LogP contribution >= 0.6 is 0 Å². The van der Waals surface area contributed by atoms with Gasteiger partial charge in [-0.2, -0.15) is 0 Å². The number of hydrogen-bond acceptors (Lipinski definition) is 8. The van der Waals surface area contributed by atoms with Crippen LogP contribution in [0.5, 0.6) is 0 Å². The first-order valence-corrected chi connectivity index (χ1v) is 20.5. The maximum atomic E-state index is 13.0. The highest BCUT2D eigenvalue weighted by atomic mass is 16.6. The Hall–Kier alpha value is -2.78. The highest BCUT2D eigenvalue weighted by Gasteiger charge is 2.59. The Morgan fingerprint density at radius 2 is 1.36 bits per heavy atom. The van der Waals surface area contributed by atoms with E-state index < -0.39 is 47.4 Å². The molecular weight excluding hydrogens is 672 g/mol. The van der Waals surface area contributed by atoms with Crippen molar-refractivity contribution >= 4 is 24.1 Å². The predicted molar refractivity (Wildman–Crippen MR) is 206 cm³/mol. The number of carbonyl (C=O) groups is 4. The van der Waals surface area contributed by atoms with Crippen LogP contribution in [0.15, 0.2) is 11.6 Å². The van der Waals surface area contributed by atoms with Gasteiger partial charge in [0.15, 0.2) is 0 Å². The van der Waals surface area contributed by atoms with Crippen LogP contribution in [0, 0.1) is 46.3 Å². The predicted octanol–water partition coefficient (Wildman–Crippen LogP) is 9.29. The summed E-state index contributed by atoms with van der Waals surface area (Å²) in [6, 6.07) is -1.57. The van der Waals surface area contributed by atoms with Crippen molar-refractivity contribution in [2.24, 2.45) is 46.3 Å². The van der Waals surface area contributed by atoms with Gasteiger partial charge in [-0.15, -0.1) is 0 Å². The van der Waals surface area contributed by atoms with E-state index in [9.17, 15) is 19.2 Å². The highest BCUT2D eigenvalue weighted by Crippen LogP contribution is 2.67. The molecule has 10 nitrogen and oxygen atoms in total. The molecule has 0 aromatic rings. The lowest BCUT2D eigenvalue weighted by Crippen LogP contribution is -2.51. The van der Waals surface area contributed by atoms with Gasteiger partial charge < -0.3 is 29.6 Å². The lowest BCUT2D eigenvalue weighted by atomic mass is 9.47. The van der Waals surface area contributed by atoms with Gasteiger partial charge in [0.05, 0.1) is 0 Å². The molecule has 4 rings (SSSR count). The number of alkyl carbamates (subject to hydrolysis) is 2. The van der Waals surface area contributed by atoms with Gasteiger partial charge in [-0.3, -0.25) is 0 Å². The third kappa shape index (κ3) is 10.5. The van der Waals surface area contributed by atoms with Crippen molar-refractivity contribution in [2.75, 3.05) is 0 Å². The Morgan fingerprint density at radius 1 is 0.774 bits per heavy atom. The molecule has 11 atom stereocenters. The molecule has 0 saturated heterocycles. The summed E-state index contributed by atoms with van der Waals surface area (Å²) < 4.78 is 22.6. The molecule has 0 radical (unpaired) electrons. The van der Waals surface area contributed by atoms with Crippen molar-refractivity contribution in [3.05, 3.63) is 11.6 Å². The maximum absolute atomic E-state index is 13.0. The van der Waals surface area contributed by atoms with Gasteiger partial charge >= 0.3 is 24.1 Å². The molecule has 0 aliphatic heterocycles. The summed E-state index contributed by atoms with van der Waals surface area (Å²) in [6.07, 6.45) is 11.3. The summed E-state index contributed by atoms with van der Waals surface area (Å²) in [4.78, 5) is 50.4. The molecule has 0 aromatic carbocycles. The molecule has 1 unspecified atom stereocenters. The van der Waals surface area contributed by atoms with E-state index in [1.54, 1.807) is 55.4 Å². The third-order valence-electron chi connectivity index (χ3n) is 13.2. The summed E-state index contributed by atoms with van der Waals surface area (Å²) in [7, 11) is 0. The second-order valence-electron chi connectivity index (χ2n) is 19.8. The van der Waals surface area contributed by atoms with Gasteiger partial charge in [0, 0.05) is 6.42 Å². The summed E-state index contributed by atoms with van der Waals surface area (Å²) in [6.45, 7) is 25.7. The monoisotopic (exact) mass is 745 g/mol. The minimum Gasteiger partial charge on any atom is -0.461 e. The zero-order valence-corrected chi connectivity index (χ0v) is 35.2. The minimum absolute atomic E-state index is 0.126. The first kappa shape index (κ1) is 43.0. The minimum atomic E-state index is -0.790. The van der Waals surface area contributed by atoms with Crippen LogP contribution in [0.2, 0.25) is 0 Å². The Labute approximate surface area is 320 Å². The smallest absolute Gasteiger partial charge is 0.408 e. The lowest BCUT2D eigenvalue weighted by molar-refractivity contribution is -0.154. The number of carbonyl (C=O) groups excluding carboxylic acids is 4. The average Bonchev–Trinajstić information content (AvgIpc) is 3.38. The number of esters is 2. The Bertz CT molecular complexity index is 1360. The van der Waals surface area contributed by atoms with Crippen molar-refractivity contribution in [1.82, 2.24) is 10.6 Å². The van der Waals surface area contributed by atoms with E-state index in [0.717, 1.165) is 38.5 Å². The Kier molecular flexibility index (Phi) is 13.4. The van der Waals surface area contributed by atoms with E-state index in [0.29, 0.717) is 35.0 Å². The number of hydrogen-bond donors (Lipinski definition) is 2. The second kappa shape index (κ2) is 16.5. The SMILES string of the molecule is CC(C)C(CC[C@@H](C)[C@H]1CC[C@H]2[C@@H]3CC=C4C[C@@H](OC(=O)[C@H](C)NC(=O)OC(C)(C)C)CC[C@]4(C)[C@H]3CC[C@]12C)OC(=O)[C@H](C)NC(=O)OC(C)(C)C. The van der Waals surface area contributed by atoms with Crippen molar-refractivity contribution in [3.8, 4) is 0 Å². The number of allylic oxidation sites excluding steroid dienone is 1. The Morgan fingerprint density at radius 3 is 1.92 bits per heavy atom. The standard InChI is InChI=1S/C43H72N2O8/c1-25(2)35(51-37(47)28(5)45-39(49)53-41(9,10)11)19-14-26(3)32-17-18-33-31-16-15-29-24-30(20-22-42(29,12)34(31)21-23-43(32,33)13)50-36(46)27(4)44-38(48)52-40(6,7)8/h15,25-28,30-35H,14,16-24H2,1-13H3,(H,44,48)(H,45,49)/t26-,27+,28+,30+,31+,32-,33+,34+,35?,42+,43-/m1/s1. The molecule has 0 spiro atoms. The van der Waals surface area contributed by atoms with E-state index in [1.165, 1.54) is 31.3 Å². The highest BCUT2D eigenvalue weighted by molar-refractivity contribution is 5.81. The van der Waals surface area contributed by atoms with Gasteiger partial charge in [0.2, 0.25) is 0 Å². The van der Waals surface area contributed by atoms with E-state index in [4.69, 9.17) is 18.9 Å². The topological polar surface area (TPSA) is 129 Å². The molecule has 0 bridgehead atoms. The van der Waals surface area contributed by atoms with E-state index >= 15 is 0 Å². The molecule has 2 amide bonds. The van der Waals surface area contributed by atoms with E-state index in [-0.39, 0.29) is 23.5 Å². The lowest BCUT2D eigenvalue weighted by Gasteiger charge is -2.58. The molecule has 0 aromatic heterocycles. The van der Waals surface area contributed by atoms with Crippen LogP contribution in [-0.4, -0.2) is 59.6 Å². The molecule has 3 fully saturated rings. The van der Waals surface area contributed by atoms with Crippen LogP contribution in [0.1, 0.15) is 154 Å². The molecular formula is C43H72N2O8. The van der Waals surface area contributed by atoms with Gasteiger partial charge in [-0.25, -0.2) is 19.2 Å². The molecule has 4 aliphatic carbocycles. The number of amides is 2. The molecule has 2 N–H and O–H groups in total. The van der Waals surface area contributed by atoms with Crippen molar-refractivity contribution in [2.45, 2.75) is 190 Å². The summed E-state index contributed by atoms with van der Waals surface area (Å²) >= 11 is 0. The van der Waals surface area contributed by atoms with Crippen LogP contribution in [0.25, 0.3) is 0 Å². The van der Waals surface area contributed by atoms with Crippen LogP contribution in [0.3, 0.4) is 0 Å².